The summed E-state index contributed by atoms with van der Waals surface area (Å²) in [7, 11) is 0. The molecule has 2 aliphatic heterocycles. The Morgan fingerprint density at radius 2 is 1.91 bits per heavy atom. The van der Waals surface area contributed by atoms with Crippen molar-refractivity contribution in [2.45, 2.75) is 82.8 Å². The third-order valence-corrected chi connectivity index (χ3v) is 8.01. The first-order valence-electron chi connectivity index (χ1n) is 12.0. The molecule has 2 N–H and O–H groups in total. The van der Waals surface area contributed by atoms with Crippen molar-refractivity contribution >= 4 is 23.4 Å². The Kier molecular flexibility index (Phi) is 9.15. The van der Waals surface area contributed by atoms with Crippen LogP contribution in [0.1, 0.15) is 52.9 Å². The highest BCUT2D eigenvalue weighted by Gasteiger charge is 2.43. The van der Waals surface area contributed by atoms with E-state index in [2.05, 4.69) is 10.6 Å². The van der Waals surface area contributed by atoms with Crippen LogP contribution in [0.2, 0.25) is 0 Å². The maximum Gasteiger partial charge on any atom is 0.251 e. The number of nitrogens with zero attached hydrogens (tertiary/aromatic N) is 1. The van der Waals surface area contributed by atoms with Crippen LogP contribution in [0, 0.1) is 23.7 Å². The summed E-state index contributed by atoms with van der Waals surface area (Å²) in [6.07, 6.45) is 0.980. The van der Waals surface area contributed by atoms with Gasteiger partial charge in [-0.3, -0.25) is 14.5 Å². The molecule has 1 aliphatic carbocycles. The van der Waals surface area contributed by atoms with E-state index in [0.717, 1.165) is 6.42 Å². The van der Waals surface area contributed by atoms with E-state index in [9.17, 15) is 18.4 Å². The highest BCUT2D eigenvalue weighted by atomic mass is 35.5. The predicted molar refractivity (Wildman–Crippen MR) is 120 cm³/mol. The molecule has 32 heavy (non-hydrogen) atoms. The molecule has 0 aromatic heterocycles. The Labute approximate surface area is 195 Å². The van der Waals surface area contributed by atoms with E-state index in [1.807, 2.05) is 25.7 Å². The van der Waals surface area contributed by atoms with Crippen molar-refractivity contribution in [3.05, 3.63) is 0 Å². The average molecular weight is 478 g/mol. The van der Waals surface area contributed by atoms with Gasteiger partial charge in [-0.25, -0.2) is 8.78 Å². The molecule has 1 saturated carbocycles. The molecule has 7 unspecified atom stereocenters. The number of carbonyl (C=O) groups excluding carboxylic acids is 2. The van der Waals surface area contributed by atoms with Gasteiger partial charge in [0.05, 0.1) is 12.5 Å². The number of amides is 2. The van der Waals surface area contributed by atoms with Crippen molar-refractivity contribution < 1.29 is 23.1 Å². The van der Waals surface area contributed by atoms with Crippen LogP contribution >= 0.6 is 11.6 Å². The first-order valence-corrected chi connectivity index (χ1v) is 12.4. The Balaban J connectivity index is 1.67. The lowest BCUT2D eigenvalue weighted by Crippen LogP contribution is -2.56. The molecule has 0 spiro atoms. The molecular formula is C23H38ClF2N3O3. The Morgan fingerprint density at radius 3 is 2.53 bits per heavy atom. The lowest BCUT2D eigenvalue weighted by atomic mass is 9.74. The summed E-state index contributed by atoms with van der Waals surface area (Å²) in [6, 6.07) is -0.0203. The van der Waals surface area contributed by atoms with Gasteiger partial charge < -0.3 is 15.4 Å². The summed E-state index contributed by atoms with van der Waals surface area (Å²) in [5.41, 5.74) is 0. The summed E-state index contributed by atoms with van der Waals surface area (Å²) >= 11 is 6.56. The second-order valence-corrected chi connectivity index (χ2v) is 10.6. The molecule has 2 heterocycles. The molecule has 184 valence electrons. The first-order chi connectivity index (χ1) is 15.2. The molecule has 0 aromatic rings. The summed E-state index contributed by atoms with van der Waals surface area (Å²) in [6.45, 7) is 7.12. The zero-order valence-corrected chi connectivity index (χ0v) is 20.1. The fraction of sp³-hybridized carbons (Fsp3) is 0.913. The molecule has 3 aliphatic rings. The van der Waals surface area contributed by atoms with Gasteiger partial charge in [0.25, 0.3) is 6.43 Å². The van der Waals surface area contributed by atoms with E-state index in [1.54, 1.807) is 0 Å². The minimum Gasteiger partial charge on any atom is -0.381 e. The average Bonchev–Trinajstić information content (AvgIpc) is 2.73. The van der Waals surface area contributed by atoms with Crippen molar-refractivity contribution in [3.63, 3.8) is 0 Å². The second kappa shape index (κ2) is 11.4. The molecule has 2 saturated heterocycles. The van der Waals surface area contributed by atoms with E-state index in [0.29, 0.717) is 45.4 Å². The maximum absolute atomic E-state index is 13.5. The number of hydrogen-bond acceptors (Lipinski definition) is 4. The molecule has 6 nitrogen and oxygen atoms in total. The quantitative estimate of drug-likeness (QED) is 0.553. The fourth-order valence-electron chi connectivity index (χ4n) is 5.87. The first kappa shape index (κ1) is 25.6. The fourth-order valence-corrected chi connectivity index (χ4v) is 6.25. The van der Waals surface area contributed by atoms with Crippen LogP contribution in [0.5, 0.6) is 0 Å². The highest BCUT2D eigenvalue weighted by molar-refractivity contribution is 6.20. The van der Waals surface area contributed by atoms with Crippen LogP contribution in [0.3, 0.4) is 0 Å². The summed E-state index contributed by atoms with van der Waals surface area (Å²) in [5, 5.41) is 5.69. The molecule has 0 bridgehead atoms. The van der Waals surface area contributed by atoms with E-state index >= 15 is 0 Å². The summed E-state index contributed by atoms with van der Waals surface area (Å²) < 4.78 is 32.4. The van der Waals surface area contributed by atoms with Crippen LogP contribution in [0.25, 0.3) is 0 Å². The molecule has 2 amide bonds. The largest absolute Gasteiger partial charge is 0.381 e. The van der Waals surface area contributed by atoms with E-state index in [4.69, 9.17) is 16.3 Å². The minimum atomic E-state index is -2.44. The standard InChI is InChI=1S/C23H38ClF2N3O3/c1-13-8-14(2)28-23(31)19(13)11-27-22(30)18-9-16(24)10-20(15(18)3)29(12-21(25)26)17-4-6-32-7-5-17/h13-21H,4-12H2,1-3H3,(H,27,30)(H,28,31). The zero-order valence-electron chi connectivity index (χ0n) is 19.4. The number of nitrogens with one attached hydrogen (secondary N) is 2. The van der Waals surface area contributed by atoms with Gasteiger partial charge in [-0.15, -0.1) is 11.6 Å². The van der Waals surface area contributed by atoms with Gasteiger partial charge in [0, 0.05) is 49.2 Å². The molecule has 7 atom stereocenters. The van der Waals surface area contributed by atoms with Gasteiger partial charge in [-0.2, -0.15) is 0 Å². The van der Waals surface area contributed by atoms with Gasteiger partial charge in [0.2, 0.25) is 11.8 Å². The Hall–Kier alpha value is -0.990. The highest BCUT2D eigenvalue weighted by Crippen LogP contribution is 2.38. The van der Waals surface area contributed by atoms with Crippen LogP contribution in [0.15, 0.2) is 0 Å². The zero-order chi connectivity index (χ0) is 23.4. The lowest BCUT2D eigenvalue weighted by Gasteiger charge is -2.47. The number of carbonyl (C=O) groups is 2. The number of halogens is 3. The third kappa shape index (κ3) is 6.32. The molecule has 9 heteroatoms. The van der Waals surface area contributed by atoms with Crippen LogP contribution < -0.4 is 10.6 Å². The van der Waals surface area contributed by atoms with Crippen molar-refractivity contribution in [2.24, 2.45) is 23.7 Å². The Bertz CT molecular complexity index is 650. The molecule has 3 fully saturated rings. The van der Waals surface area contributed by atoms with Crippen LogP contribution in [0.4, 0.5) is 8.78 Å². The second-order valence-electron chi connectivity index (χ2n) is 10.0. The number of ether oxygens (including phenoxy) is 1. The van der Waals surface area contributed by atoms with E-state index < -0.39 is 6.43 Å². The van der Waals surface area contributed by atoms with Crippen molar-refractivity contribution in [3.8, 4) is 0 Å². The summed E-state index contributed by atoms with van der Waals surface area (Å²) in [4.78, 5) is 27.4. The smallest absolute Gasteiger partial charge is 0.251 e. The minimum absolute atomic E-state index is 0.0182. The number of hydrogen-bond donors (Lipinski definition) is 2. The number of alkyl halides is 3. The normalized spacial score (nSPS) is 36.9. The SMILES string of the molecule is CC1CC(C)C(CNC(=O)C2CC(Cl)CC(N(CC(F)F)C3CCOCC3)C2C)C(=O)N1. The third-order valence-electron chi connectivity index (χ3n) is 7.65. The number of piperidine rings is 1. The topological polar surface area (TPSA) is 70.7 Å². The molecule has 3 rings (SSSR count). The van der Waals surface area contributed by atoms with Crippen LogP contribution in [-0.2, 0) is 14.3 Å². The van der Waals surface area contributed by atoms with Crippen molar-refractivity contribution in [2.75, 3.05) is 26.3 Å². The summed E-state index contributed by atoms with van der Waals surface area (Å²) in [5.74, 6) is -0.693. The van der Waals surface area contributed by atoms with E-state index in [1.165, 1.54) is 0 Å². The molecule has 0 aromatic carbocycles. The van der Waals surface area contributed by atoms with Gasteiger partial charge >= 0.3 is 0 Å². The maximum atomic E-state index is 13.5. The Morgan fingerprint density at radius 1 is 1.22 bits per heavy atom. The lowest BCUT2D eigenvalue weighted by molar-refractivity contribution is -0.132. The van der Waals surface area contributed by atoms with E-state index in [-0.39, 0.29) is 65.5 Å². The predicted octanol–water partition coefficient (Wildman–Crippen LogP) is 3.03. The van der Waals surface area contributed by atoms with Crippen molar-refractivity contribution in [1.82, 2.24) is 15.5 Å². The van der Waals surface area contributed by atoms with Gasteiger partial charge in [-0.05, 0) is 50.9 Å². The molecular weight excluding hydrogens is 440 g/mol. The van der Waals surface area contributed by atoms with Gasteiger partial charge in [-0.1, -0.05) is 13.8 Å². The van der Waals surface area contributed by atoms with Gasteiger partial charge in [0.1, 0.15) is 0 Å². The monoisotopic (exact) mass is 477 g/mol. The van der Waals surface area contributed by atoms with Crippen molar-refractivity contribution in [1.29, 1.82) is 0 Å². The van der Waals surface area contributed by atoms with Crippen LogP contribution in [-0.4, -0.2) is 72.9 Å². The van der Waals surface area contributed by atoms with Gasteiger partial charge in [0.15, 0.2) is 0 Å². The number of rotatable bonds is 7. The molecule has 0 radical (unpaired) electrons.